The van der Waals surface area contributed by atoms with Gasteiger partial charge in [0.15, 0.2) is 0 Å². The van der Waals surface area contributed by atoms with Gasteiger partial charge >= 0.3 is 11.9 Å². The third-order valence-corrected chi connectivity index (χ3v) is 7.46. The van der Waals surface area contributed by atoms with Crippen molar-refractivity contribution < 1.29 is 39.3 Å². The van der Waals surface area contributed by atoms with E-state index in [0.717, 1.165) is 5.56 Å². The molecule has 0 saturated heterocycles. The molecule has 2 aliphatic rings. The number of hydrogen-bond donors (Lipinski definition) is 4. The third kappa shape index (κ3) is 6.65. The van der Waals surface area contributed by atoms with E-state index >= 15 is 0 Å². The van der Waals surface area contributed by atoms with Crippen LogP contribution in [0.3, 0.4) is 0 Å². The Kier molecular flexibility index (Phi) is 9.25. The number of aliphatic carboxylic acids is 2. The summed E-state index contributed by atoms with van der Waals surface area (Å²) in [5, 5.41) is 31.1. The molecule has 11 nitrogen and oxygen atoms in total. The van der Waals surface area contributed by atoms with Gasteiger partial charge in [-0.3, -0.25) is 28.9 Å². The summed E-state index contributed by atoms with van der Waals surface area (Å²) in [7, 11) is 1.48. The van der Waals surface area contributed by atoms with Gasteiger partial charge in [0.05, 0.1) is 17.9 Å². The molecule has 3 rings (SSSR count). The molecule has 1 fully saturated rings. The molecule has 37 heavy (non-hydrogen) atoms. The number of aryl methyl sites for hydroxylation is 1. The number of benzene rings is 1. The number of carboxylic acids is 2. The van der Waals surface area contributed by atoms with Crippen LogP contribution in [0.15, 0.2) is 24.3 Å². The Balaban J connectivity index is 1.80. The Bertz CT molecular complexity index is 1040. The summed E-state index contributed by atoms with van der Waals surface area (Å²) in [6.45, 7) is -0.710. The van der Waals surface area contributed by atoms with Crippen molar-refractivity contribution in [1.82, 2.24) is 10.2 Å². The van der Waals surface area contributed by atoms with Crippen molar-refractivity contribution in [3.63, 3.8) is 0 Å². The highest BCUT2D eigenvalue weighted by atomic mass is 16.4. The number of carbonyl (C=O) groups is 5. The number of hydrogen-bond acceptors (Lipinski definition) is 6. The number of carbonyl (C=O) groups excluding carboxylic acids is 3. The van der Waals surface area contributed by atoms with Gasteiger partial charge in [-0.15, -0.1) is 0 Å². The van der Waals surface area contributed by atoms with Crippen molar-refractivity contribution in [1.29, 1.82) is 0 Å². The lowest BCUT2D eigenvalue weighted by molar-refractivity contribution is -0.148. The number of rotatable bonds is 11. The third-order valence-electron chi connectivity index (χ3n) is 7.46. The quantitative estimate of drug-likeness (QED) is 0.338. The Morgan fingerprint density at radius 1 is 1.16 bits per heavy atom. The summed E-state index contributed by atoms with van der Waals surface area (Å²) in [6, 6.07) is 6.07. The van der Waals surface area contributed by atoms with E-state index in [2.05, 4.69) is 5.32 Å². The molecule has 4 N–H and O–H groups in total. The number of carboxylic acid groups (broad SMARTS) is 2. The Morgan fingerprint density at radius 3 is 2.46 bits per heavy atom. The summed E-state index contributed by atoms with van der Waals surface area (Å²) < 4.78 is 0. The van der Waals surface area contributed by atoms with E-state index in [1.54, 1.807) is 18.2 Å². The number of aliphatic hydroxyl groups is 1. The van der Waals surface area contributed by atoms with Gasteiger partial charge in [-0.1, -0.05) is 31.0 Å². The van der Waals surface area contributed by atoms with Gasteiger partial charge in [-0.05, 0) is 43.7 Å². The van der Waals surface area contributed by atoms with Crippen LogP contribution in [-0.4, -0.2) is 82.7 Å². The molecule has 1 aromatic carbocycles. The lowest BCUT2D eigenvalue weighted by Gasteiger charge is -2.33. The molecule has 1 aromatic rings. The van der Waals surface area contributed by atoms with Crippen LogP contribution in [0.1, 0.15) is 50.5 Å². The van der Waals surface area contributed by atoms with Gasteiger partial charge in [-0.25, -0.2) is 0 Å². The second-order valence-corrected chi connectivity index (χ2v) is 9.98. The van der Waals surface area contributed by atoms with Gasteiger partial charge in [0.25, 0.3) is 0 Å². The SMILES string of the molecule is CN(CCO)C(=O)CC(CC1(C(=O)NC2CCc3ccccc3N(CC(=O)O)C2=O)CCCC1)C(=O)O. The number of fused-ring (bicyclic) bond motifs is 1. The van der Waals surface area contributed by atoms with Crippen LogP contribution >= 0.6 is 0 Å². The lowest BCUT2D eigenvalue weighted by atomic mass is 9.75. The van der Waals surface area contributed by atoms with Gasteiger partial charge in [-0.2, -0.15) is 0 Å². The normalized spacial score (nSPS) is 19.5. The van der Waals surface area contributed by atoms with E-state index < -0.39 is 53.6 Å². The van der Waals surface area contributed by atoms with Gasteiger partial charge < -0.3 is 25.5 Å². The van der Waals surface area contributed by atoms with Crippen LogP contribution in [0.5, 0.6) is 0 Å². The zero-order valence-electron chi connectivity index (χ0n) is 21.0. The Morgan fingerprint density at radius 2 is 1.84 bits per heavy atom. The van der Waals surface area contributed by atoms with Crippen molar-refractivity contribution >= 4 is 35.3 Å². The fraction of sp³-hybridized carbons (Fsp3) is 0.577. The van der Waals surface area contributed by atoms with Crippen LogP contribution in [-0.2, 0) is 30.4 Å². The smallest absolute Gasteiger partial charge is 0.323 e. The van der Waals surface area contributed by atoms with Crippen molar-refractivity contribution in [2.24, 2.45) is 11.3 Å². The number of nitrogens with zero attached hydrogens (tertiary/aromatic N) is 2. The predicted octanol–water partition coefficient (Wildman–Crippen LogP) is 1.03. The highest BCUT2D eigenvalue weighted by Gasteiger charge is 2.46. The Hall–Kier alpha value is -3.47. The maximum atomic E-state index is 13.7. The van der Waals surface area contributed by atoms with Gasteiger partial charge in [0, 0.05) is 25.7 Å². The minimum absolute atomic E-state index is 0.0488. The first-order valence-corrected chi connectivity index (χ1v) is 12.6. The largest absolute Gasteiger partial charge is 0.481 e. The second-order valence-electron chi connectivity index (χ2n) is 9.98. The van der Waals surface area contributed by atoms with Crippen LogP contribution in [0.2, 0.25) is 0 Å². The number of aliphatic hydroxyl groups excluding tert-OH is 1. The predicted molar refractivity (Wildman–Crippen MR) is 133 cm³/mol. The highest BCUT2D eigenvalue weighted by Crippen LogP contribution is 2.44. The summed E-state index contributed by atoms with van der Waals surface area (Å²) >= 11 is 0. The van der Waals surface area contributed by atoms with Crippen LogP contribution < -0.4 is 10.2 Å². The van der Waals surface area contributed by atoms with E-state index in [1.807, 2.05) is 6.07 Å². The highest BCUT2D eigenvalue weighted by molar-refractivity contribution is 6.03. The molecule has 1 aliphatic heterocycles. The molecular formula is C26H35N3O8. The molecule has 2 atom stereocenters. The molecule has 1 aliphatic carbocycles. The second kappa shape index (κ2) is 12.2. The van der Waals surface area contributed by atoms with Gasteiger partial charge in [0.1, 0.15) is 12.6 Å². The number of nitrogens with one attached hydrogen (secondary N) is 1. The van der Waals surface area contributed by atoms with E-state index in [9.17, 15) is 34.2 Å². The zero-order valence-corrected chi connectivity index (χ0v) is 21.0. The van der Waals surface area contributed by atoms with E-state index in [4.69, 9.17) is 5.11 Å². The van der Waals surface area contributed by atoms with E-state index in [-0.39, 0.29) is 32.4 Å². The molecule has 1 saturated carbocycles. The van der Waals surface area contributed by atoms with Crippen molar-refractivity contribution in [2.45, 2.75) is 57.4 Å². The molecule has 1 heterocycles. The number of amides is 3. The zero-order chi connectivity index (χ0) is 27.2. The minimum Gasteiger partial charge on any atom is -0.481 e. The molecule has 0 aromatic heterocycles. The standard InChI is InChI=1S/C26H35N3O8/c1-28(12-13-30)21(31)14-18(24(35)36)15-26(10-4-5-11-26)25(37)27-19-9-8-17-6-2-3-7-20(17)29(23(19)34)16-22(32)33/h2-3,6-7,18-19,30H,4-5,8-16H2,1H3,(H,27,37)(H,32,33)(H,35,36). The van der Waals surface area contributed by atoms with Crippen LogP contribution in [0.4, 0.5) is 5.69 Å². The average molecular weight is 518 g/mol. The summed E-state index contributed by atoms with van der Waals surface area (Å²) in [6.07, 6.45) is 2.69. The first-order valence-electron chi connectivity index (χ1n) is 12.6. The van der Waals surface area contributed by atoms with Gasteiger partial charge in [0.2, 0.25) is 17.7 Å². The average Bonchev–Trinajstić information content (AvgIpc) is 3.29. The first kappa shape index (κ1) is 28.1. The number of para-hydroxylation sites is 1. The van der Waals surface area contributed by atoms with Crippen LogP contribution in [0, 0.1) is 11.3 Å². The monoisotopic (exact) mass is 517 g/mol. The fourth-order valence-electron chi connectivity index (χ4n) is 5.39. The lowest BCUT2D eigenvalue weighted by Crippen LogP contribution is -2.53. The summed E-state index contributed by atoms with van der Waals surface area (Å²) in [5.41, 5.74) is 0.259. The van der Waals surface area contributed by atoms with Crippen molar-refractivity contribution in [2.75, 3.05) is 31.6 Å². The molecule has 2 unspecified atom stereocenters. The van der Waals surface area contributed by atoms with Crippen LogP contribution in [0.25, 0.3) is 0 Å². The molecule has 3 amide bonds. The fourth-order valence-corrected chi connectivity index (χ4v) is 5.39. The Labute approximate surface area is 215 Å². The minimum atomic E-state index is -1.18. The van der Waals surface area contributed by atoms with Crippen molar-refractivity contribution in [3.05, 3.63) is 29.8 Å². The number of likely N-dealkylation sites (N-methyl/N-ethyl adjacent to an activating group) is 1. The summed E-state index contributed by atoms with van der Waals surface area (Å²) in [4.78, 5) is 65.5. The molecule has 0 bridgehead atoms. The van der Waals surface area contributed by atoms with E-state index in [1.165, 1.54) is 16.8 Å². The molecule has 0 spiro atoms. The molecule has 202 valence electrons. The first-order chi connectivity index (χ1) is 17.6. The maximum Gasteiger partial charge on any atom is 0.323 e. The number of anilines is 1. The molecule has 11 heteroatoms. The molecule has 0 radical (unpaired) electrons. The topological polar surface area (TPSA) is 165 Å². The summed E-state index contributed by atoms with van der Waals surface area (Å²) in [5.74, 6) is -4.86. The maximum absolute atomic E-state index is 13.7. The molecular weight excluding hydrogens is 482 g/mol. The van der Waals surface area contributed by atoms with Crippen molar-refractivity contribution in [3.8, 4) is 0 Å². The van der Waals surface area contributed by atoms with E-state index in [0.29, 0.717) is 37.8 Å².